The summed E-state index contributed by atoms with van der Waals surface area (Å²) in [7, 11) is 2.90. The molecule has 17 heavy (non-hydrogen) atoms. The van der Waals surface area contributed by atoms with Crippen LogP contribution < -0.4 is 11.2 Å². The Kier molecular flexibility index (Phi) is 2.34. The summed E-state index contributed by atoms with van der Waals surface area (Å²) >= 11 is 0. The molecule has 0 bridgehead atoms. The number of nitrogens with zero attached hydrogens (tertiary/aromatic N) is 4. The summed E-state index contributed by atoms with van der Waals surface area (Å²) in [6, 6.07) is 0. The van der Waals surface area contributed by atoms with Crippen molar-refractivity contribution in [1.82, 2.24) is 18.7 Å². The number of hydrogen-bond acceptors (Lipinski definition) is 4. The summed E-state index contributed by atoms with van der Waals surface area (Å²) in [5.74, 6) is -1.17. The van der Waals surface area contributed by atoms with E-state index in [-0.39, 0.29) is 11.2 Å². The number of carbonyl (C=O) groups is 1. The predicted molar refractivity (Wildman–Crippen MR) is 57.9 cm³/mol. The molecule has 0 radical (unpaired) electrons. The maximum absolute atomic E-state index is 11.8. The first kappa shape index (κ1) is 11.1. The molecule has 1 N–H and O–H groups in total. The number of aromatic nitrogens is 4. The van der Waals surface area contributed by atoms with Crippen molar-refractivity contribution in [2.45, 2.75) is 6.54 Å². The van der Waals surface area contributed by atoms with Gasteiger partial charge in [-0.1, -0.05) is 0 Å². The Morgan fingerprint density at radius 2 is 2.06 bits per heavy atom. The molecule has 0 aliphatic carbocycles. The standard InChI is InChI=1S/C9H10N4O4/c1-11-4-10-7-6(11)8(16)12(2)9(17)13(7)3-5(14)15/h4H,3H2,1-2H3,(H,14,15). The fourth-order valence-corrected chi connectivity index (χ4v) is 1.66. The third kappa shape index (κ3) is 1.53. The van der Waals surface area contributed by atoms with Crippen LogP contribution in [0.5, 0.6) is 0 Å². The summed E-state index contributed by atoms with van der Waals surface area (Å²) in [5.41, 5.74) is -0.897. The van der Waals surface area contributed by atoms with Crippen LogP contribution in [-0.4, -0.2) is 29.8 Å². The first-order valence-electron chi connectivity index (χ1n) is 4.76. The lowest BCUT2D eigenvalue weighted by Crippen LogP contribution is -2.39. The average molecular weight is 238 g/mol. The van der Waals surface area contributed by atoms with Crippen molar-refractivity contribution in [2.75, 3.05) is 0 Å². The Hall–Kier alpha value is -2.38. The second-order valence-corrected chi connectivity index (χ2v) is 3.65. The van der Waals surface area contributed by atoms with Crippen LogP contribution in [-0.2, 0) is 25.4 Å². The number of imidazole rings is 1. The van der Waals surface area contributed by atoms with Crippen molar-refractivity contribution in [3.05, 3.63) is 27.2 Å². The Morgan fingerprint density at radius 3 is 2.65 bits per heavy atom. The van der Waals surface area contributed by atoms with Crippen molar-refractivity contribution in [1.29, 1.82) is 0 Å². The molecule has 0 unspecified atom stereocenters. The molecular weight excluding hydrogens is 228 g/mol. The van der Waals surface area contributed by atoms with Crippen molar-refractivity contribution >= 4 is 17.1 Å². The molecule has 0 amide bonds. The van der Waals surface area contributed by atoms with E-state index in [1.54, 1.807) is 7.05 Å². The molecule has 0 saturated heterocycles. The predicted octanol–water partition coefficient (Wildman–Crippen LogP) is -1.48. The minimum absolute atomic E-state index is 0.0861. The highest BCUT2D eigenvalue weighted by Gasteiger charge is 2.16. The van der Waals surface area contributed by atoms with Gasteiger partial charge in [0, 0.05) is 14.1 Å². The first-order valence-corrected chi connectivity index (χ1v) is 4.76. The largest absolute Gasteiger partial charge is 0.480 e. The minimum Gasteiger partial charge on any atom is -0.480 e. The quantitative estimate of drug-likeness (QED) is 0.687. The van der Waals surface area contributed by atoms with Gasteiger partial charge < -0.3 is 9.67 Å². The number of rotatable bonds is 2. The zero-order valence-electron chi connectivity index (χ0n) is 9.25. The topological polar surface area (TPSA) is 99.1 Å². The van der Waals surface area contributed by atoms with Crippen LogP contribution in [0.4, 0.5) is 0 Å². The van der Waals surface area contributed by atoms with Gasteiger partial charge in [-0.15, -0.1) is 0 Å². The molecule has 2 aromatic heterocycles. The second-order valence-electron chi connectivity index (χ2n) is 3.65. The molecule has 0 aliphatic rings. The Labute approximate surface area is 94.3 Å². The zero-order chi connectivity index (χ0) is 12.7. The van der Waals surface area contributed by atoms with E-state index >= 15 is 0 Å². The Balaban J connectivity index is 2.97. The van der Waals surface area contributed by atoms with E-state index in [1.807, 2.05) is 0 Å². The number of aryl methyl sites for hydroxylation is 1. The van der Waals surface area contributed by atoms with Gasteiger partial charge in [0.15, 0.2) is 11.2 Å². The molecule has 0 atom stereocenters. The summed E-state index contributed by atoms with van der Waals surface area (Å²) in [6.07, 6.45) is 1.36. The Morgan fingerprint density at radius 1 is 1.41 bits per heavy atom. The molecule has 90 valence electrons. The van der Waals surface area contributed by atoms with Crippen LogP contribution in [0, 0.1) is 0 Å². The molecule has 0 spiro atoms. The summed E-state index contributed by atoms with van der Waals surface area (Å²) in [6.45, 7) is -0.527. The van der Waals surface area contributed by atoms with Crippen LogP contribution in [0.3, 0.4) is 0 Å². The summed E-state index contributed by atoms with van der Waals surface area (Å²) < 4.78 is 3.28. The van der Waals surface area contributed by atoms with Gasteiger partial charge in [-0.2, -0.15) is 0 Å². The molecule has 0 aliphatic heterocycles. The van der Waals surface area contributed by atoms with E-state index in [1.165, 1.54) is 17.9 Å². The van der Waals surface area contributed by atoms with E-state index in [9.17, 15) is 14.4 Å². The highest BCUT2D eigenvalue weighted by Crippen LogP contribution is 2.03. The van der Waals surface area contributed by atoms with Gasteiger partial charge in [-0.05, 0) is 0 Å². The highest BCUT2D eigenvalue weighted by molar-refractivity contribution is 5.73. The lowest BCUT2D eigenvalue weighted by atomic mass is 10.5. The van der Waals surface area contributed by atoms with E-state index in [0.717, 1.165) is 9.13 Å². The summed E-state index contributed by atoms with van der Waals surface area (Å²) in [5, 5.41) is 8.74. The molecule has 2 heterocycles. The van der Waals surface area contributed by atoms with Crippen LogP contribution in [0.15, 0.2) is 15.9 Å². The highest BCUT2D eigenvalue weighted by atomic mass is 16.4. The Bertz CT molecular complexity index is 721. The molecule has 0 fully saturated rings. The monoisotopic (exact) mass is 238 g/mol. The SMILES string of the molecule is Cn1c(=O)c2c(ncn2C)n(CC(=O)O)c1=O. The first-order chi connectivity index (χ1) is 7.93. The van der Waals surface area contributed by atoms with Gasteiger partial charge in [-0.25, -0.2) is 9.78 Å². The lowest BCUT2D eigenvalue weighted by molar-refractivity contribution is -0.137. The molecule has 8 nitrogen and oxygen atoms in total. The minimum atomic E-state index is -1.17. The lowest BCUT2D eigenvalue weighted by Gasteiger charge is -2.06. The molecule has 8 heteroatoms. The van der Waals surface area contributed by atoms with E-state index < -0.39 is 23.8 Å². The van der Waals surface area contributed by atoms with Crippen molar-refractivity contribution in [3.8, 4) is 0 Å². The third-order valence-corrected chi connectivity index (χ3v) is 2.49. The normalized spacial score (nSPS) is 10.9. The van der Waals surface area contributed by atoms with Crippen molar-refractivity contribution in [3.63, 3.8) is 0 Å². The molecule has 2 rings (SSSR count). The van der Waals surface area contributed by atoms with Gasteiger partial charge in [0.25, 0.3) is 5.56 Å². The number of fused-ring (bicyclic) bond motifs is 1. The molecular formula is C9H10N4O4. The maximum Gasteiger partial charge on any atom is 0.333 e. The van der Waals surface area contributed by atoms with Gasteiger partial charge in [0.2, 0.25) is 0 Å². The average Bonchev–Trinajstić information content (AvgIpc) is 2.63. The fraction of sp³-hybridized carbons (Fsp3) is 0.333. The second kappa shape index (κ2) is 3.58. The van der Waals surface area contributed by atoms with Gasteiger partial charge in [0.05, 0.1) is 6.33 Å². The van der Waals surface area contributed by atoms with E-state index in [0.29, 0.717) is 0 Å². The number of carboxylic acids is 1. The van der Waals surface area contributed by atoms with Gasteiger partial charge >= 0.3 is 11.7 Å². The van der Waals surface area contributed by atoms with Crippen molar-refractivity contribution < 1.29 is 9.90 Å². The van der Waals surface area contributed by atoms with E-state index in [4.69, 9.17) is 5.11 Å². The van der Waals surface area contributed by atoms with Gasteiger partial charge in [-0.3, -0.25) is 18.7 Å². The van der Waals surface area contributed by atoms with Crippen LogP contribution in [0.2, 0.25) is 0 Å². The molecule has 2 aromatic rings. The van der Waals surface area contributed by atoms with Crippen molar-refractivity contribution in [2.24, 2.45) is 14.1 Å². The summed E-state index contributed by atoms with van der Waals surface area (Å²) in [4.78, 5) is 38.1. The zero-order valence-corrected chi connectivity index (χ0v) is 9.25. The number of aliphatic carboxylic acids is 1. The van der Waals surface area contributed by atoms with Crippen LogP contribution in [0.25, 0.3) is 11.2 Å². The van der Waals surface area contributed by atoms with Crippen LogP contribution >= 0.6 is 0 Å². The smallest absolute Gasteiger partial charge is 0.333 e. The molecule has 0 aromatic carbocycles. The fourth-order valence-electron chi connectivity index (χ4n) is 1.66. The van der Waals surface area contributed by atoms with E-state index in [2.05, 4.69) is 4.98 Å². The maximum atomic E-state index is 11.8. The third-order valence-electron chi connectivity index (χ3n) is 2.49. The number of carboxylic acid groups (broad SMARTS) is 1. The number of hydrogen-bond donors (Lipinski definition) is 1. The van der Waals surface area contributed by atoms with Gasteiger partial charge in [0.1, 0.15) is 6.54 Å². The van der Waals surface area contributed by atoms with Crippen LogP contribution in [0.1, 0.15) is 0 Å². The molecule has 0 saturated carbocycles.